The molecule has 2 aromatic carbocycles. The largest absolute Gasteiger partial charge is 0.461 e. The van der Waals surface area contributed by atoms with Crippen LogP contribution >= 0.6 is 11.6 Å². The molecule has 0 aromatic heterocycles. The molecule has 2 aromatic rings. The maximum atomic E-state index is 12.2. The third kappa shape index (κ3) is 7.11. The van der Waals surface area contributed by atoms with Crippen LogP contribution in [0, 0.1) is 0 Å². The van der Waals surface area contributed by atoms with Gasteiger partial charge >= 0.3 is 11.9 Å². The van der Waals surface area contributed by atoms with Crippen molar-refractivity contribution in [2.45, 2.75) is 26.4 Å². The molecule has 0 unspecified atom stereocenters. The van der Waals surface area contributed by atoms with Crippen LogP contribution in [0.5, 0.6) is 5.75 Å². The van der Waals surface area contributed by atoms with E-state index in [0.29, 0.717) is 18.0 Å². The number of carbonyl (C=O) groups is 3. The van der Waals surface area contributed by atoms with Crippen molar-refractivity contribution in [1.29, 1.82) is 0 Å². The number of esters is 2. The number of halogens is 1. The molecule has 6 nitrogen and oxygen atoms in total. The van der Waals surface area contributed by atoms with Gasteiger partial charge in [-0.1, -0.05) is 35.9 Å². The molecule has 0 aliphatic rings. The van der Waals surface area contributed by atoms with E-state index in [2.05, 4.69) is 5.32 Å². The van der Waals surface area contributed by atoms with Crippen molar-refractivity contribution in [3.05, 3.63) is 64.7 Å². The van der Waals surface area contributed by atoms with Crippen LogP contribution in [0.2, 0.25) is 5.02 Å². The maximum Gasteiger partial charge on any atom is 0.308 e. The molecule has 0 aliphatic heterocycles. The van der Waals surface area contributed by atoms with Crippen LogP contribution in [0.15, 0.2) is 48.5 Å². The van der Waals surface area contributed by atoms with E-state index < -0.39 is 5.97 Å². The Balaban J connectivity index is 1.72. The molecule has 0 heterocycles. The second-order valence-corrected chi connectivity index (χ2v) is 6.18. The lowest BCUT2D eigenvalue weighted by Gasteiger charge is -2.09. The monoisotopic (exact) mass is 389 g/mol. The lowest BCUT2D eigenvalue weighted by molar-refractivity contribution is -0.145. The van der Waals surface area contributed by atoms with Crippen molar-refractivity contribution in [1.82, 2.24) is 5.32 Å². The fourth-order valence-corrected chi connectivity index (χ4v) is 2.50. The average molecular weight is 390 g/mol. The summed E-state index contributed by atoms with van der Waals surface area (Å²) in [5.74, 6) is -1.04. The van der Waals surface area contributed by atoms with Crippen LogP contribution in [0.4, 0.5) is 0 Å². The highest BCUT2D eigenvalue weighted by atomic mass is 35.5. The zero-order valence-corrected chi connectivity index (χ0v) is 15.6. The summed E-state index contributed by atoms with van der Waals surface area (Å²) in [6.45, 7) is 1.71. The topological polar surface area (TPSA) is 81.7 Å². The highest BCUT2D eigenvalue weighted by Gasteiger charge is 2.13. The number of hydrogen-bond acceptors (Lipinski definition) is 5. The van der Waals surface area contributed by atoms with E-state index in [9.17, 15) is 14.4 Å². The summed E-state index contributed by atoms with van der Waals surface area (Å²) >= 11 is 5.87. The Labute approximate surface area is 162 Å². The van der Waals surface area contributed by atoms with Gasteiger partial charge in [0.25, 0.3) is 5.91 Å². The fourth-order valence-electron chi connectivity index (χ4n) is 2.29. The molecule has 7 heteroatoms. The minimum Gasteiger partial charge on any atom is -0.461 e. The molecule has 0 bridgehead atoms. The van der Waals surface area contributed by atoms with E-state index in [1.807, 2.05) is 6.07 Å². The van der Waals surface area contributed by atoms with Crippen molar-refractivity contribution in [3.63, 3.8) is 0 Å². The summed E-state index contributed by atoms with van der Waals surface area (Å²) in [5.41, 5.74) is 1.07. The van der Waals surface area contributed by atoms with Crippen LogP contribution in [0.3, 0.4) is 0 Å². The van der Waals surface area contributed by atoms with Gasteiger partial charge in [-0.25, -0.2) is 0 Å². The molecule has 0 saturated heterocycles. The van der Waals surface area contributed by atoms with Gasteiger partial charge in [-0.05, 0) is 36.2 Å². The van der Waals surface area contributed by atoms with Crippen LogP contribution < -0.4 is 10.1 Å². The predicted octanol–water partition coefficient (Wildman–Crippen LogP) is 3.52. The van der Waals surface area contributed by atoms with Gasteiger partial charge in [-0.2, -0.15) is 0 Å². The fraction of sp³-hybridized carbons (Fsp3) is 0.250. The molecule has 0 aliphatic carbocycles. The summed E-state index contributed by atoms with van der Waals surface area (Å²) in [6.07, 6.45) is 0.599. The van der Waals surface area contributed by atoms with Crippen LogP contribution in [0.1, 0.15) is 35.7 Å². The highest BCUT2D eigenvalue weighted by Crippen LogP contribution is 2.18. The second kappa shape index (κ2) is 10.3. The number of ether oxygens (including phenoxy) is 2. The Morgan fingerprint density at radius 3 is 2.59 bits per heavy atom. The first-order valence-electron chi connectivity index (χ1n) is 8.41. The van der Waals surface area contributed by atoms with Gasteiger partial charge in [-0.15, -0.1) is 0 Å². The van der Waals surface area contributed by atoms with Crippen molar-refractivity contribution >= 4 is 29.4 Å². The number of nitrogens with one attached hydrogen (secondary N) is 1. The molecule has 0 atom stereocenters. The van der Waals surface area contributed by atoms with E-state index in [1.165, 1.54) is 6.92 Å². The van der Waals surface area contributed by atoms with Crippen molar-refractivity contribution < 1.29 is 23.9 Å². The number of rotatable bonds is 8. The molecular weight excluding hydrogens is 370 g/mol. The predicted molar refractivity (Wildman–Crippen MR) is 101 cm³/mol. The smallest absolute Gasteiger partial charge is 0.308 e. The zero-order chi connectivity index (χ0) is 19.6. The molecule has 2 rings (SSSR count). The quantitative estimate of drug-likeness (QED) is 0.424. The molecule has 0 radical (unpaired) electrons. The highest BCUT2D eigenvalue weighted by molar-refractivity contribution is 6.30. The minimum absolute atomic E-state index is 0.154. The van der Waals surface area contributed by atoms with Crippen LogP contribution in [-0.4, -0.2) is 24.4 Å². The average Bonchev–Trinajstić information content (AvgIpc) is 2.63. The zero-order valence-electron chi connectivity index (χ0n) is 14.9. The molecule has 27 heavy (non-hydrogen) atoms. The molecule has 142 valence electrons. The Morgan fingerprint density at radius 1 is 1.07 bits per heavy atom. The van der Waals surface area contributed by atoms with Gasteiger partial charge in [0, 0.05) is 24.9 Å². The summed E-state index contributed by atoms with van der Waals surface area (Å²) < 4.78 is 10.2. The maximum absolute atomic E-state index is 12.2. The molecule has 0 fully saturated rings. The Hall–Kier alpha value is -2.86. The number of hydrogen-bond donors (Lipinski definition) is 1. The lowest BCUT2D eigenvalue weighted by Crippen LogP contribution is -2.25. The van der Waals surface area contributed by atoms with Gasteiger partial charge in [-0.3, -0.25) is 14.4 Å². The number of para-hydroxylation sites is 1. The van der Waals surface area contributed by atoms with Crippen molar-refractivity contribution in [2.75, 3.05) is 6.54 Å². The third-order valence-corrected chi connectivity index (χ3v) is 3.75. The normalized spacial score (nSPS) is 10.1. The molecule has 1 amide bonds. The molecular formula is C20H20ClNO5. The van der Waals surface area contributed by atoms with E-state index in [4.69, 9.17) is 21.1 Å². The minimum atomic E-state index is -0.502. The summed E-state index contributed by atoms with van der Waals surface area (Å²) in [4.78, 5) is 35.1. The first kappa shape index (κ1) is 20.5. The standard InChI is InChI=1S/C20H20ClNO5/c1-14(23)27-18-9-3-2-8-17(18)20(25)22-11-5-10-19(24)26-13-15-6-4-7-16(21)12-15/h2-4,6-9,12H,5,10-11,13H2,1H3,(H,22,25). The third-order valence-electron chi connectivity index (χ3n) is 3.52. The Morgan fingerprint density at radius 2 is 1.85 bits per heavy atom. The van der Waals surface area contributed by atoms with Crippen molar-refractivity contribution in [3.8, 4) is 5.75 Å². The summed E-state index contributed by atoms with van der Waals surface area (Å²) in [6, 6.07) is 13.5. The van der Waals surface area contributed by atoms with Crippen LogP contribution in [-0.2, 0) is 20.9 Å². The molecule has 0 saturated carbocycles. The summed E-state index contributed by atoms with van der Waals surface area (Å²) in [5, 5.41) is 3.28. The van der Waals surface area contributed by atoms with Gasteiger partial charge in [0.05, 0.1) is 5.56 Å². The van der Waals surface area contributed by atoms with Gasteiger partial charge in [0.1, 0.15) is 12.4 Å². The van der Waals surface area contributed by atoms with Gasteiger partial charge < -0.3 is 14.8 Å². The summed E-state index contributed by atoms with van der Waals surface area (Å²) in [7, 11) is 0. The number of carbonyl (C=O) groups excluding carboxylic acids is 3. The van der Waals surface area contributed by atoms with Gasteiger partial charge in [0.2, 0.25) is 0 Å². The van der Waals surface area contributed by atoms with E-state index >= 15 is 0 Å². The van der Waals surface area contributed by atoms with E-state index in [-0.39, 0.29) is 36.2 Å². The van der Waals surface area contributed by atoms with E-state index in [0.717, 1.165) is 5.56 Å². The first-order chi connectivity index (χ1) is 13.0. The first-order valence-corrected chi connectivity index (χ1v) is 8.79. The van der Waals surface area contributed by atoms with Crippen LogP contribution in [0.25, 0.3) is 0 Å². The Kier molecular flexibility index (Phi) is 7.82. The SMILES string of the molecule is CC(=O)Oc1ccccc1C(=O)NCCCC(=O)OCc1cccc(Cl)c1. The molecule has 1 N–H and O–H groups in total. The lowest BCUT2D eigenvalue weighted by atomic mass is 10.2. The van der Waals surface area contributed by atoms with E-state index in [1.54, 1.807) is 42.5 Å². The van der Waals surface area contributed by atoms with Crippen molar-refractivity contribution in [2.24, 2.45) is 0 Å². The Bertz CT molecular complexity index is 822. The number of benzene rings is 2. The molecule has 0 spiro atoms. The van der Waals surface area contributed by atoms with Gasteiger partial charge in [0.15, 0.2) is 0 Å². The number of amides is 1. The second-order valence-electron chi connectivity index (χ2n) is 5.74.